The van der Waals surface area contributed by atoms with E-state index in [0.29, 0.717) is 19.4 Å². The molecule has 5 nitrogen and oxygen atoms in total. The van der Waals surface area contributed by atoms with E-state index in [4.69, 9.17) is 0 Å². The van der Waals surface area contributed by atoms with Gasteiger partial charge in [0.2, 0.25) is 0 Å². The molecule has 0 amide bonds. The number of carbonyl (C=O) groups is 2. The van der Waals surface area contributed by atoms with Crippen molar-refractivity contribution in [1.82, 2.24) is 5.32 Å². The molecule has 0 bridgehead atoms. The Morgan fingerprint density at radius 3 is 2.62 bits per heavy atom. The molecule has 2 aliphatic rings. The third-order valence-corrected chi connectivity index (χ3v) is 5.13. The van der Waals surface area contributed by atoms with Gasteiger partial charge in [-0.05, 0) is 36.8 Å². The lowest BCUT2D eigenvalue weighted by molar-refractivity contribution is -0.147. The third kappa shape index (κ3) is 2.12. The standard InChI is InChI=1S/C16H19NO4/c1-9-4-2-3-5-10(9)8-17-16(15(20)21)7-6-11-12(13(11)16)14(18)19/h2-5,11-13,17H,6-8H2,1H3,(H,18,19)(H,20,21). The first-order valence-electron chi connectivity index (χ1n) is 7.23. The van der Waals surface area contributed by atoms with Crippen molar-refractivity contribution in [3.8, 4) is 0 Å². The molecule has 3 N–H and O–H groups in total. The second-order valence-electron chi connectivity index (χ2n) is 6.15. The van der Waals surface area contributed by atoms with Crippen LogP contribution in [0.4, 0.5) is 0 Å². The monoisotopic (exact) mass is 289 g/mol. The molecular weight excluding hydrogens is 270 g/mol. The number of fused-ring (bicyclic) bond motifs is 1. The molecule has 0 aliphatic heterocycles. The molecule has 0 spiro atoms. The van der Waals surface area contributed by atoms with Crippen LogP contribution in [-0.2, 0) is 16.1 Å². The largest absolute Gasteiger partial charge is 0.481 e. The maximum Gasteiger partial charge on any atom is 0.324 e. The maximum atomic E-state index is 11.8. The van der Waals surface area contributed by atoms with Gasteiger partial charge in [-0.15, -0.1) is 0 Å². The number of aryl methyl sites for hydroxylation is 1. The van der Waals surface area contributed by atoms with Gasteiger partial charge in [-0.2, -0.15) is 0 Å². The van der Waals surface area contributed by atoms with Crippen LogP contribution >= 0.6 is 0 Å². The summed E-state index contributed by atoms with van der Waals surface area (Å²) in [5.74, 6) is -2.56. The first-order chi connectivity index (χ1) is 9.97. The summed E-state index contributed by atoms with van der Waals surface area (Å²) in [5.41, 5.74) is 1.07. The van der Waals surface area contributed by atoms with Gasteiger partial charge in [0.25, 0.3) is 0 Å². The van der Waals surface area contributed by atoms with E-state index in [1.165, 1.54) is 0 Å². The summed E-state index contributed by atoms with van der Waals surface area (Å²) < 4.78 is 0. The second-order valence-corrected chi connectivity index (χ2v) is 6.15. The predicted molar refractivity (Wildman–Crippen MR) is 75.7 cm³/mol. The molecular formula is C16H19NO4. The fourth-order valence-corrected chi connectivity index (χ4v) is 3.90. The molecule has 21 heavy (non-hydrogen) atoms. The van der Waals surface area contributed by atoms with Crippen molar-refractivity contribution in [1.29, 1.82) is 0 Å². The normalized spacial score (nSPS) is 33.5. The molecule has 0 saturated heterocycles. The molecule has 0 heterocycles. The lowest BCUT2D eigenvalue weighted by atomic mass is 9.89. The first-order valence-corrected chi connectivity index (χ1v) is 7.23. The number of carboxylic acids is 2. The van der Waals surface area contributed by atoms with Crippen LogP contribution in [0.5, 0.6) is 0 Å². The molecule has 3 rings (SSSR count). The van der Waals surface area contributed by atoms with E-state index in [1.54, 1.807) is 0 Å². The van der Waals surface area contributed by atoms with Crippen molar-refractivity contribution < 1.29 is 19.8 Å². The van der Waals surface area contributed by atoms with Crippen LogP contribution in [0.2, 0.25) is 0 Å². The number of hydrogen-bond donors (Lipinski definition) is 3. The highest BCUT2D eigenvalue weighted by atomic mass is 16.4. The van der Waals surface area contributed by atoms with Gasteiger partial charge in [0.15, 0.2) is 0 Å². The number of carboxylic acid groups (broad SMARTS) is 2. The predicted octanol–water partition coefficient (Wildman–Crippen LogP) is 1.65. The zero-order chi connectivity index (χ0) is 15.2. The van der Waals surface area contributed by atoms with Crippen molar-refractivity contribution >= 4 is 11.9 Å². The van der Waals surface area contributed by atoms with Crippen molar-refractivity contribution in [2.75, 3.05) is 0 Å². The number of hydrogen-bond acceptors (Lipinski definition) is 3. The maximum absolute atomic E-state index is 11.8. The van der Waals surface area contributed by atoms with Gasteiger partial charge in [-0.1, -0.05) is 24.3 Å². The molecule has 4 unspecified atom stereocenters. The first kappa shape index (κ1) is 14.1. The SMILES string of the molecule is Cc1ccccc1CNC1(C(=O)O)CCC2C(C(=O)O)C21. The van der Waals surface area contributed by atoms with Crippen LogP contribution < -0.4 is 5.32 Å². The van der Waals surface area contributed by atoms with Gasteiger partial charge in [0.05, 0.1) is 5.92 Å². The highest BCUT2D eigenvalue weighted by Gasteiger charge is 2.71. The summed E-state index contributed by atoms with van der Waals surface area (Å²) in [4.78, 5) is 23.0. The average Bonchev–Trinajstić information content (AvgIpc) is 3.06. The highest BCUT2D eigenvalue weighted by Crippen LogP contribution is 2.62. The summed E-state index contributed by atoms with van der Waals surface area (Å²) in [6, 6.07) is 7.82. The van der Waals surface area contributed by atoms with Crippen LogP contribution in [0, 0.1) is 24.7 Å². The molecule has 1 aromatic rings. The smallest absolute Gasteiger partial charge is 0.324 e. The number of rotatable bonds is 5. The van der Waals surface area contributed by atoms with E-state index in [1.807, 2.05) is 31.2 Å². The summed E-state index contributed by atoms with van der Waals surface area (Å²) in [7, 11) is 0. The van der Waals surface area contributed by atoms with Gasteiger partial charge in [-0.25, -0.2) is 0 Å². The molecule has 2 saturated carbocycles. The zero-order valence-electron chi connectivity index (χ0n) is 11.9. The number of benzene rings is 1. The van der Waals surface area contributed by atoms with E-state index >= 15 is 0 Å². The van der Waals surface area contributed by atoms with Gasteiger partial charge < -0.3 is 10.2 Å². The van der Waals surface area contributed by atoms with Crippen molar-refractivity contribution in [3.05, 3.63) is 35.4 Å². The Morgan fingerprint density at radius 2 is 2.05 bits per heavy atom. The zero-order valence-corrected chi connectivity index (χ0v) is 11.9. The van der Waals surface area contributed by atoms with Crippen molar-refractivity contribution in [2.24, 2.45) is 17.8 Å². The van der Waals surface area contributed by atoms with Crippen LogP contribution in [0.25, 0.3) is 0 Å². The Hall–Kier alpha value is -1.88. The molecule has 2 fully saturated rings. The Labute approximate surface area is 123 Å². The number of aliphatic carboxylic acids is 2. The van der Waals surface area contributed by atoms with Crippen LogP contribution in [0.15, 0.2) is 24.3 Å². The van der Waals surface area contributed by atoms with E-state index in [0.717, 1.165) is 11.1 Å². The van der Waals surface area contributed by atoms with E-state index in [-0.39, 0.29) is 11.8 Å². The van der Waals surface area contributed by atoms with E-state index in [9.17, 15) is 19.8 Å². The number of nitrogens with one attached hydrogen (secondary N) is 1. The molecule has 5 heteroatoms. The summed E-state index contributed by atoms with van der Waals surface area (Å²) in [6.07, 6.45) is 1.18. The van der Waals surface area contributed by atoms with Gasteiger partial charge in [0.1, 0.15) is 5.54 Å². The Bertz CT molecular complexity index is 600. The lowest BCUT2D eigenvalue weighted by Gasteiger charge is -2.29. The molecule has 2 aliphatic carbocycles. The molecule has 1 aromatic carbocycles. The summed E-state index contributed by atoms with van der Waals surface area (Å²) in [6.45, 7) is 2.44. The van der Waals surface area contributed by atoms with Gasteiger partial charge in [-0.3, -0.25) is 14.9 Å². The second kappa shape index (κ2) is 4.84. The average molecular weight is 289 g/mol. The van der Waals surface area contributed by atoms with Crippen LogP contribution in [-0.4, -0.2) is 27.7 Å². The molecule has 0 aromatic heterocycles. The summed E-state index contributed by atoms with van der Waals surface area (Å²) >= 11 is 0. The Morgan fingerprint density at radius 1 is 1.33 bits per heavy atom. The molecule has 112 valence electrons. The fourth-order valence-electron chi connectivity index (χ4n) is 3.90. The van der Waals surface area contributed by atoms with E-state index in [2.05, 4.69) is 5.32 Å². The fraction of sp³-hybridized carbons (Fsp3) is 0.500. The molecule has 4 atom stereocenters. The van der Waals surface area contributed by atoms with Crippen LogP contribution in [0.3, 0.4) is 0 Å². The summed E-state index contributed by atoms with van der Waals surface area (Å²) in [5, 5.41) is 22.0. The van der Waals surface area contributed by atoms with Gasteiger partial charge >= 0.3 is 11.9 Å². The lowest BCUT2D eigenvalue weighted by Crippen LogP contribution is -2.53. The third-order valence-electron chi connectivity index (χ3n) is 5.13. The van der Waals surface area contributed by atoms with Crippen molar-refractivity contribution in [2.45, 2.75) is 31.8 Å². The minimum Gasteiger partial charge on any atom is -0.481 e. The van der Waals surface area contributed by atoms with Gasteiger partial charge in [0, 0.05) is 12.5 Å². The highest BCUT2D eigenvalue weighted by molar-refractivity contribution is 5.85. The van der Waals surface area contributed by atoms with Crippen LogP contribution in [0.1, 0.15) is 24.0 Å². The minimum atomic E-state index is -1.09. The quantitative estimate of drug-likeness (QED) is 0.767. The molecule has 0 radical (unpaired) electrons. The Balaban J connectivity index is 1.79. The minimum absolute atomic E-state index is 0.0166. The Kier molecular flexibility index (Phi) is 3.24. The topological polar surface area (TPSA) is 86.6 Å². The van der Waals surface area contributed by atoms with E-state index < -0.39 is 23.4 Å². The van der Waals surface area contributed by atoms with Crippen molar-refractivity contribution in [3.63, 3.8) is 0 Å².